The second kappa shape index (κ2) is 5.60. The molecule has 21 heavy (non-hydrogen) atoms. The summed E-state index contributed by atoms with van der Waals surface area (Å²) in [5, 5.41) is 4.42. The van der Waals surface area contributed by atoms with Crippen LogP contribution in [0.1, 0.15) is 30.5 Å². The van der Waals surface area contributed by atoms with Gasteiger partial charge in [0.25, 0.3) is 0 Å². The van der Waals surface area contributed by atoms with Crippen LogP contribution in [0.4, 0.5) is 5.69 Å². The van der Waals surface area contributed by atoms with E-state index in [1.54, 1.807) is 0 Å². The predicted molar refractivity (Wildman–Crippen MR) is 85.4 cm³/mol. The topological polar surface area (TPSA) is 59.4 Å². The number of nitrogens with two attached hydrogens (primary N) is 1. The molecule has 0 amide bonds. The highest BCUT2D eigenvalue weighted by Gasteiger charge is 2.29. The van der Waals surface area contributed by atoms with E-state index in [4.69, 9.17) is 5.73 Å². The molecular formula is C16H21N5. The molecule has 1 aromatic heterocycles. The number of hydrogen-bond donors (Lipinski definition) is 1. The van der Waals surface area contributed by atoms with Crippen molar-refractivity contribution >= 4 is 11.6 Å². The Morgan fingerprint density at radius 3 is 3.00 bits per heavy atom. The van der Waals surface area contributed by atoms with Gasteiger partial charge in [-0.2, -0.15) is 5.10 Å². The molecule has 2 aromatic rings. The maximum Gasteiger partial charge on any atom is 0.196 e. The number of anilines is 1. The average Bonchev–Trinajstić information content (AvgIpc) is 3.06. The van der Waals surface area contributed by atoms with Gasteiger partial charge in [0.1, 0.15) is 0 Å². The first-order chi connectivity index (χ1) is 10.2. The number of nitrogens with zero attached hydrogens (tertiary/aromatic N) is 4. The number of guanidine groups is 1. The summed E-state index contributed by atoms with van der Waals surface area (Å²) in [6.45, 7) is 5.85. The molecule has 0 bridgehead atoms. The molecule has 1 unspecified atom stereocenters. The van der Waals surface area contributed by atoms with E-state index in [0.717, 1.165) is 24.2 Å². The molecule has 1 aliphatic rings. The molecule has 2 N–H and O–H groups in total. The minimum Gasteiger partial charge on any atom is -0.369 e. The summed E-state index contributed by atoms with van der Waals surface area (Å²) in [5.74, 6) is 0.578. The summed E-state index contributed by atoms with van der Waals surface area (Å²) in [6.07, 6.45) is 5.11. The van der Waals surface area contributed by atoms with Crippen LogP contribution in [-0.4, -0.2) is 22.3 Å². The van der Waals surface area contributed by atoms with Crippen molar-refractivity contribution in [2.45, 2.75) is 32.9 Å². The zero-order chi connectivity index (χ0) is 14.8. The summed E-state index contributed by atoms with van der Waals surface area (Å²) < 4.78 is 1.98. The molecule has 0 saturated heterocycles. The van der Waals surface area contributed by atoms with E-state index >= 15 is 0 Å². The van der Waals surface area contributed by atoms with Crippen LogP contribution in [0.5, 0.6) is 0 Å². The van der Waals surface area contributed by atoms with Gasteiger partial charge in [-0.25, -0.2) is 0 Å². The van der Waals surface area contributed by atoms with E-state index in [1.807, 2.05) is 16.9 Å². The van der Waals surface area contributed by atoms with Gasteiger partial charge in [0.05, 0.1) is 18.8 Å². The number of benzene rings is 1. The summed E-state index contributed by atoms with van der Waals surface area (Å²) >= 11 is 0. The van der Waals surface area contributed by atoms with E-state index in [-0.39, 0.29) is 6.04 Å². The van der Waals surface area contributed by atoms with Gasteiger partial charge in [-0.05, 0) is 31.0 Å². The molecule has 1 aromatic carbocycles. The van der Waals surface area contributed by atoms with Crippen LogP contribution in [-0.2, 0) is 6.54 Å². The summed E-state index contributed by atoms with van der Waals surface area (Å²) in [6, 6.07) is 8.48. The third kappa shape index (κ3) is 2.63. The molecule has 110 valence electrons. The highest BCUT2D eigenvalue weighted by atomic mass is 15.3. The van der Waals surface area contributed by atoms with Crippen molar-refractivity contribution in [1.29, 1.82) is 0 Å². The van der Waals surface area contributed by atoms with Crippen LogP contribution in [0, 0.1) is 6.92 Å². The quantitative estimate of drug-likeness (QED) is 0.937. The monoisotopic (exact) mass is 283 g/mol. The lowest BCUT2D eigenvalue weighted by Gasteiger charge is -2.25. The fraction of sp³-hybridized carbons (Fsp3) is 0.375. The molecule has 5 heteroatoms. The van der Waals surface area contributed by atoms with Crippen LogP contribution >= 0.6 is 0 Å². The Morgan fingerprint density at radius 1 is 1.38 bits per heavy atom. The first kappa shape index (κ1) is 13.7. The lowest BCUT2D eigenvalue weighted by atomic mass is 10.1. The number of aromatic nitrogens is 2. The Morgan fingerprint density at radius 2 is 2.24 bits per heavy atom. The van der Waals surface area contributed by atoms with Crippen molar-refractivity contribution in [2.75, 3.05) is 11.4 Å². The number of aliphatic imine (C=N–C) groups is 1. The van der Waals surface area contributed by atoms with Gasteiger partial charge >= 0.3 is 0 Å². The van der Waals surface area contributed by atoms with Crippen LogP contribution in [0.2, 0.25) is 0 Å². The van der Waals surface area contributed by atoms with Gasteiger partial charge in [-0.3, -0.25) is 9.67 Å². The van der Waals surface area contributed by atoms with Crippen molar-refractivity contribution in [3.8, 4) is 0 Å². The highest BCUT2D eigenvalue weighted by Crippen LogP contribution is 2.31. The van der Waals surface area contributed by atoms with Crippen LogP contribution in [0.25, 0.3) is 0 Å². The minimum absolute atomic E-state index is 0.136. The lowest BCUT2D eigenvalue weighted by molar-refractivity contribution is 0.601. The van der Waals surface area contributed by atoms with Gasteiger partial charge in [-0.15, -0.1) is 0 Å². The summed E-state index contributed by atoms with van der Waals surface area (Å²) in [7, 11) is 0. The van der Waals surface area contributed by atoms with Crippen LogP contribution < -0.4 is 10.6 Å². The Kier molecular flexibility index (Phi) is 3.64. The van der Waals surface area contributed by atoms with Gasteiger partial charge in [0.2, 0.25) is 0 Å². The predicted octanol–water partition coefficient (Wildman–Crippen LogP) is 2.48. The molecule has 1 atom stereocenters. The van der Waals surface area contributed by atoms with Gasteiger partial charge in [0.15, 0.2) is 5.96 Å². The fourth-order valence-corrected chi connectivity index (χ4v) is 2.75. The lowest BCUT2D eigenvalue weighted by Crippen LogP contribution is -2.36. The number of rotatable bonds is 4. The standard InChI is InChI=1S/C16H21N5/c1-3-7-20-11-13(9-19-20)15-10-18-16(17)21(15)14-6-4-5-12(2)8-14/h4-6,8-9,11,15H,3,7,10H2,1-2H3,(H2,17,18). The molecule has 0 aliphatic carbocycles. The SMILES string of the molecule is CCCn1cc(C2CN=C(N)N2c2cccc(C)c2)cn1. The molecule has 2 heterocycles. The van der Waals surface area contributed by atoms with E-state index in [1.165, 1.54) is 5.56 Å². The number of aryl methyl sites for hydroxylation is 2. The third-order valence-corrected chi connectivity index (χ3v) is 3.76. The third-order valence-electron chi connectivity index (χ3n) is 3.76. The van der Waals surface area contributed by atoms with Crippen molar-refractivity contribution in [2.24, 2.45) is 10.7 Å². The Balaban J connectivity index is 1.91. The first-order valence-electron chi connectivity index (χ1n) is 7.37. The van der Waals surface area contributed by atoms with Gasteiger partial charge in [-0.1, -0.05) is 19.1 Å². The van der Waals surface area contributed by atoms with E-state index < -0.39 is 0 Å². The normalized spacial score (nSPS) is 18.1. The summed E-state index contributed by atoms with van der Waals surface area (Å²) in [5.41, 5.74) is 9.56. The summed E-state index contributed by atoms with van der Waals surface area (Å²) in [4.78, 5) is 6.52. The average molecular weight is 283 g/mol. The van der Waals surface area contributed by atoms with Crippen molar-refractivity contribution in [1.82, 2.24) is 9.78 Å². The van der Waals surface area contributed by atoms with Crippen molar-refractivity contribution in [3.05, 3.63) is 47.8 Å². The minimum atomic E-state index is 0.136. The van der Waals surface area contributed by atoms with E-state index in [9.17, 15) is 0 Å². The largest absolute Gasteiger partial charge is 0.369 e. The van der Waals surface area contributed by atoms with E-state index in [0.29, 0.717) is 12.5 Å². The zero-order valence-corrected chi connectivity index (χ0v) is 12.5. The Labute approximate surface area is 125 Å². The maximum atomic E-state index is 6.10. The molecule has 0 spiro atoms. The smallest absolute Gasteiger partial charge is 0.196 e. The zero-order valence-electron chi connectivity index (χ0n) is 12.5. The van der Waals surface area contributed by atoms with Gasteiger partial charge < -0.3 is 10.6 Å². The molecule has 0 saturated carbocycles. The van der Waals surface area contributed by atoms with Gasteiger partial charge in [0, 0.05) is 24.0 Å². The van der Waals surface area contributed by atoms with E-state index in [2.05, 4.69) is 53.2 Å². The molecular weight excluding hydrogens is 262 g/mol. The van der Waals surface area contributed by atoms with Crippen LogP contribution in [0.3, 0.4) is 0 Å². The maximum absolute atomic E-state index is 6.10. The molecule has 3 rings (SSSR count). The van der Waals surface area contributed by atoms with Crippen molar-refractivity contribution < 1.29 is 0 Å². The second-order valence-corrected chi connectivity index (χ2v) is 5.46. The van der Waals surface area contributed by atoms with Crippen LogP contribution in [0.15, 0.2) is 41.7 Å². The fourth-order valence-electron chi connectivity index (χ4n) is 2.75. The highest BCUT2D eigenvalue weighted by molar-refractivity contribution is 5.97. The second-order valence-electron chi connectivity index (χ2n) is 5.46. The number of hydrogen-bond acceptors (Lipinski definition) is 4. The Hall–Kier alpha value is -2.30. The first-order valence-corrected chi connectivity index (χ1v) is 7.37. The molecule has 1 aliphatic heterocycles. The molecule has 0 fully saturated rings. The molecule has 0 radical (unpaired) electrons. The Bertz CT molecular complexity index is 658. The molecule has 5 nitrogen and oxygen atoms in total. The van der Waals surface area contributed by atoms with Crippen molar-refractivity contribution in [3.63, 3.8) is 0 Å².